The molecule has 2 heteroatoms. The Balaban J connectivity index is 1.27. The quantitative estimate of drug-likeness (QED) is 0.178. The fourth-order valence-corrected chi connectivity index (χ4v) is 7.82. The Morgan fingerprint density at radius 3 is 1.34 bits per heavy atom. The Bertz CT molecular complexity index is 2820. The van der Waals surface area contributed by atoms with E-state index in [1.54, 1.807) is 0 Å². The fraction of sp³-hybridized carbons (Fsp3) is 0. The topological polar surface area (TPSA) is 9.86 Å². The van der Waals surface area contributed by atoms with Crippen molar-refractivity contribution in [2.24, 2.45) is 0 Å². The first kappa shape index (κ1) is 28.4. The maximum atomic E-state index is 2.46. The van der Waals surface area contributed by atoms with E-state index in [0.29, 0.717) is 0 Å². The average Bonchev–Trinajstić information content (AvgIpc) is 3.71. The second-order valence-corrected chi connectivity index (χ2v) is 13.0. The monoisotopic (exact) mass is 636 g/mol. The molecular formula is C48H32N2. The lowest BCUT2D eigenvalue weighted by Gasteiger charge is -2.12. The zero-order valence-corrected chi connectivity index (χ0v) is 27.4. The van der Waals surface area contributed by atoms with E-state index in [-0.39, 0.29) is 0 Å². The minimum Gasteiger partial charge on any atom is -0.309 e. The molecule has 0 radical (unpaired) electrons. The Labute approximate surface area is 290 Å². The first-order valence-corrected chi connectivity index (χ1v) is 17.2. The van der Waals surface area contributed by atoms with E-state index >= 15 is 0 Å². The van der Waals surface area contributed by atoms with Crippen molar-refractivity contribution >= 4 is 43.6 Å². The van der Waals surface area contributed by atoms with Crippen molar-refractivity contribution in [2.75, 3.05) is 0 Å². The molecular weight excluding hydrogens is 605 g/mol. The summed E-state index contributed by atoms with van der Waals surface area (Å²) in [6.07, 6.45) is 0. The van der Waals surface area contributed by atoms with E-state index < -0.39 is 0 Å². The summed E-state index contributed by atoms with van der Waals surface area (Å²) in [6, 6.07) is 70.3. The van der Waals surface area contributed by atoms with Gasteiger partial charge in [0.2, 0.25) is 0 Å². The van der Waals surface area contributed by atoms with Crippen LogP contribution in [0.15, 0.2) is 194 Å². The molecule has 0 aliphatic rings. The van der Waals surface area contributed by atoms with E-state index in [2.05, 4.69) is 203 Å². The molecule has 0 saturated heterocycles. The van der Waals surface area contributed by atoms with Crippen molar-refractivity contribution < 1.29 is 0 Å². The van der Waals surface area contributed by atoms with E-state index in [1.165, 1.54) is 77.0 Å². The minimum atomic E-state index is 1.15. The summed E-state index contributed by atoms with van der Waals surface area (Å²) >= 11 is 0. The molecule has 0 saturated carbocycles. The molecule has 0 atom stereocenters. The first-order chi connectivity index (χ1) is 24.8. The highest BCUT2D eigenvalue weighted by atomic mass is 15.0. The van der Waals surface area contributed by atoms with E-state index in [1.807, 2.05) is 0 Å². The summed E-state index contributed by atoms with van der Waals surface area (Å²) in [5.74, 6) is 0. The number of hydrogen-bond acceptors (Lipinski definition) is 0. The molecule has 10 rings (SSSR count). The largest absolute Gasteiger partial charge is 0.309 e. The molecule has 2 nitrogen and oxygen atoms in total. The van der Waals surface area contributed by atoms with Crippen LogP contribution in [0.25, 0.3) is 88.4 Å². The molecule has 8 aromatic carbocycles. The highest BCUT2D eigenvalue weighted by molar-refractivity contribution is 6.29. The molecule has 50 heavy (non-hydrogen) atoms. The zero-order chi connectivity index (χ0) is 33.0. The maximum Gasteiger partial charge on any atom is 0.0548 e. The summed E-state index contributed by atoms with van der Waals surface area (Å²) in [5.41, 5.74) is 14.4. The van der Waals surface area contributed by atoms with Crippen molar-refractivity contribution in [2.45, 2.75) is 0 Å². The fourth-order valence-electron chi connectivity index (χ4n) is 7.82. The Morgan fingerprint density at radius 1 is 0.240 bits per heavy atom. The maximum absolute atomic E-state index is 2.46. The molecule has 0 unspecified atom stereocenters. The highest BCUT2D eigenvalue weighted by Crippen LogP contribution is 2.43. The number of fused-ring (bicyclic) bond motifs is 7. The van der Waals surface area contributed by atoms with Crippen molar-refractivity contribution in [3.63, 3.8) is 0 Å². The SMILES string of the molecule is c1ccc(-c2ccc(-n3c4ccccc4c4c5c6ccc(-c7ccccc7)cc6n(-c6cccc(-c7ccccc7)c6)c5ccc43)cc2)cc1. The summed E-state index contributed by atoms with van der Waals surface area (Å²) in [5, 5.41) is 5.06. The number of rotatable bonds is 5. The molecule has 0 bridgehead atoms. The molecule has 0 aliphatic carbocycles. The second kappa shape index (κ2) is 11.5. The van der Waals surface area contributed by atoms with Crippen molar-refractivity contribution in [3.8, 4) is 44.8 Å². The minimum absolute atomic E-state index is 1.15. The van der Waals surface area contributed by atoms with Gasteiger partial charge in [0.25, 0.3) is 0 Å². The summed E-state index contributed by atoms with van der Waals surface area (Å²) in [6.45, 7) is 0. The predicted molar refractivity (Wildman–Crippen MR) is 211 cm³/mol. The molecule has 0 N–H and O–H groups in total. The molecule has 2 aromatic heterocycles. The van der Waals surface area contributed by atoms with Crippen molar-refractivity contribution in [1.82, 2.24) is 9.13 Å². The lowest BCUT2D eigenvalue weighted by molar-refractivity contribution is 1.17. The van der Waals surface area contributed by atoms with Crippen LogP contribution >= 0.6 is 0 Å². The smallest absolute Gasteiger partial charge is 0.0548 e. The third kappa shape index (κ3) is 4.50. The average molecular weight is 637 g/mol. The Hall–Kier alpha value is -6.64. The van der Waals surface area contributed by atoms with Gasteiger partial charge < -0.3 is 9.13 Å². The van der Waals surface area contributed by atoms with Gasteiger partial charge in [0, 0.05) is 32.9 Å². The van der Waals surface area contributed by atoms with Crippen LogP contribution in [0, 0.1) is 0 Å². The van der Waals surface area contributed by atoms with Crippen LogP contribution in [0.5, 0.6) is 0 Å². The lowest BCUT2D eigenvalue weighted by atomic mass is 10.0. The van der Waals surface area contributed by atoms with Crippen LogP contribution < -0.4 is 0 Å². The van der Waals surface area contributed by atoms with Crippen molar-refractivity contribution in [3.05, 3.63) is 194 Å². The van der Waals surface area contributed by atoms with Crippen LogP contribution in [0.2, 0.25) is 0 Å². The molecule has 0 spiro atoms. The third-order valence-electron chi connectivity index (χ3n) is 10.1. The number of hydrogen-bond donors (Lipinski definition) is 0. The molecule has 0 aliphatic heterocycles. The molecule has 10 aromatic rings. The lowest BCUT2D eigenvalue weighted by Crippen LogP contribution is -1.95. The van der Waals surface area contributed by atoms with E-state index in [9.17, 15) is 0 Å². The van der Waals surface area contributed by atoms with Gasteiger partial charge in [0.1, 0.15) is 0 Å². The zero-order valence-electron chi connectivity index (χ0n) is 27.4. The Morgan fingerprint density at radius 2 is 0.700 bits per heavy atom. The Kier molecular flexibility index (Phi) is 6.53. The highest BCUT2D eigenvalue weighted by Gasteiger charge is 2.21. The van der Waals surface area contributed by atoms with Gasteiger partial charge in [-0.2, -0.15) is 0 Å². The van der Waals surface area contributed by atoms with Gasteiger partial charge in [-0.05, 0) is 81.9 Å². The number of para-hydroxylation sites is 1. The van der Waals surface area contributed by atoms with Crippen molar-refractivity contribution in [1.29, 1.82) is 0 Å². The van der Waals surface area contributed by atoms with Gasteiger partial charge in [-0.15, -0.1) is 0 Å². The molecule has 234 valence electrons. The normalized spacial score (nSPS) is 11.6. The summed E-state index contributed by atoms with van der Waals surface area (Å²) < 4.78 is 4.89. The predicted octanol–water partition coefficient (Wildman–Crippen LogP) is 12.9. The van der Waals surface area contributed by atoms with Gasteiger partial charge in [-0.25, -0.2) is 0 Å². The number of benzene rings is 8. The third-order valence-corrected chi connectivity index (χ3v) is 10.1. The van der Waals surface area contributed by atoms with E-state index in [4.69, 9.17) is 0 Å². The summed E-state index contributed by atoms with van der Waals surface area (Å²) in [4.78, 5) is 0. The van der Waals surface area contributed by atoms with Gasteiger partial charge in [-0.1, -0.05) is 146 Å². The standard InChI is InChI=1S/C48H32N2/c1-4-13-33(14-5-1)36-23-26-39(27-24-36)49-43-22-11-10-21-41(43)47-44(49)29-30-45-48(47)42-28-25-38(35-17-8-3-9-18-35)32-46(42)50(45)40-20-12-19-37(31-40)34-15-6-2-7-16-34/h1-32H. The molecule has 2 heterocycles. The molecule has 0 amide bonds. The number of nitrogens with zero attached hydrogens (tertiary/aromatic N) is 2. The van der Waals surface area contributed by atoms with Crippen LogP contribution in [0.3, 0.4) is 0 Å². The van der Waals surface area contributed by atoms with Crippen LogP contribution in [0.1, 0.15) is 0 Å². The number of aromatic nitrogens is 2. The molecule has 0 fully saturated rings. The van der Waals surface area contributed by atoms with Gasteiger partial charge >= 0.3 is 0 Å². The van der Waals surface area contributed by atoms with Crippen LogP contribution in [0.4, 0.5) is 0 Å². The van der Waals surface area contributed by atoms with Crippen LogP contribution in [-0.4, -0.2) is 9.13 Å². The van der Waals surface area contributed by atoms with Gasteiger partial charge in [0.05, 0.1) is 22.1 Å². The van der Waals surface area contributed by atoms with E-state index in [0.717, 1.165) is 11.4 Å². The first-order valence-electron chi connectivity index (χ1n) is 17.2. The van der Waals surface area contributed by atoms with Crippen LogP contribution in [-0.2, 0) is 0 Å². The summed E-state index contributed by atoms with van der Waals surface area (Å²) in [7, 11) is 0. The second-order valence-electron chi connectivity index (χ2n) is 13.0. The van der Waals surface area contributed by atoms with Gasteiger partial charge in [-0.3, -0.25) is 0 Å². The van der Waals surface area contributed by atoms with Gasteiger partial charge in [0.15, 0.2) is 0 Å².